The molecular weight excluding hydrogens is 336 g/mol. The topological polar surface area (TPSA) is 69.6 Å². The van der Waals surface area contributed by atoms with E-state index in [0.29, 0.717) is 18.0 Å². The SMILES string of the molecule is CSc1cccc(C(=O)NC[C@@H]2CC[C@H](CC(=O)O)N2CC2CC2)c1. The van der Waals surface area contributed by atoms with Gasteiger partial charge in [-0.05, 0) is 56.1 Å². The van der Waals surface area contributed by atoms with Crippen molar-refractivity contribution in [2.75, 3.05) is 19.3 Å². The Balaban J connectivity index is 1.58. The first kappa shape index (κ1) is 18.3. The number of aliphatic carboxylic acids is 1. The second-order valence-electron chi connectivity index (χ2n) is 7.07. The molecule has 136 valence electrons. The first-order valence-corrected chi connectivity index (χ1v) is 10.2. The third kappa shape index (κ3) is 4.98. The lowest BCUT2D eigenvalue weighted by atomic mass is 10.1. The van der Waals surface area contributed by atoms with Gasteiger partial charge in [0, 0.05) is 35.6 Å². The minimum atomic E-state index is -0.732. The lowest BCUT2D eigenvalue weighted by Crippen LogP contribution is -2.44. The highest BCUT2D eigenvalue weighted by molar-refractivity contribution is 7.98. The van der Waals surface area contributed by atoms with Gasteiger partial charge in [-0.3, -0.25) is 14.5 Å². The summed E-state index contributed by atoms with van der Waals surface area (Å²) in [7, 11) is 0. The van der Waals surface area contributed by atoms with Crippen molar-refractivity contribution in [3.8, 4) is 0 Å². The van der Waals surface area contributed by atoms with Gasteiger partial charge in [-0.15, -0.1) is 11.8 Å². The minimum absolute atomic E-state index is 0.0519. The van der Waals surface area contributed by atoms with E-state index in [0.717, 1.165) is 24.3 Å². The van der Waals surface area contributed by atoms with E-state index in [1.54, 1.807) is 11.8 Å². The summed E-state index contributed by atoms with van der Waals surface area (Å²) in [5.41, 5.74) is 0.681. The maximum Gasteiger partial charge on any atom is 0.304 e. The Kier molecular flexibility index (Phi) is 6.02. The third-order valence-corrected chi connectivity index (χ3v) is 5.90. The molecule has 1 saturated heterocycles. The Bertz CT molecular complexity index is 633. The van der Waals surface area contributed by atoms with Crippen molar-refractivity contribution < 1.29 is 14.7 Å². The van der Waals surface area contributed by atoms with E-state index in [2.05, 4.69) is 10.2 Å². The summed E-state index contributed by atoms with van der Waals surface area (Å²) in [6, 6.07) is 7.99. The van der Waals surface area contributed by atoms with Crippen LogP contribution in [-0.4, -0.2) is 53.3 Å². The van der Waals surface area contributed by atoms with E-state index < -0.39 is 5.97 Å². The molecule has 6 heteroatoms. The molecule has 2 aliphatic rings. The second-order valence-corrected chi connectivity index (χ2v) is 7.94. The number of thioether (sulfide) groups is 1. The molecule has 1 heterocycles. The fourth-order valence-corrected chi connectivity index (χ4v) is 4.09. The minimum Gasteiger partial charge on any atom is -0.481 e. The molecule has 2 atom stereocenters. The van der Waals surface area contributed by atoms with Crippen molar-refractivity contribution >= 4 is 23.6 Å². The predicted octanol–water partition coefficient (Wildman–Crippen LogP) is 2.86. The van der Waals surface area contributed by atoms with Gasteiger partial charge in [0.15, 0.2) is 0 Å². The van der Waals surface area contributed by atoms with Gasteiger partial charge in [-0.25, -0.2) is 0 Å². The molecule has 1 aliphatic heterocycles. The lowest BCUT2D eigenvalue weighted by molar-refractivity contribution is -0.138. The molecule has 0 spiro atoms. The van der Waals surface area contributed by atoms with E-state index in [4.69, 9.17) is 5.11 Å². The number of benzene rings is 1. The largest absolute Gasteiger partial charge is 0.481 e. The van der Waals surface area contributed by atoms with Crippen LogP contribution in [0.1, 0.15) is 42.5 Å². The number of rotatable bonds is 8. The fourth-order valence-electron chi connectivity index (χ4n) is 3.63. The summed E-state index contributed by atoms with van der Waals surface area (Å²) in [6.07, 6.45) is 6.55. The molecular formula is C19H26N2O3S. The molecule has 0 bridgehead atoms. The fraction of sp³-hybridized carbons (Fsp3) is 0.579. The van der Waals surface area contributed by atoms with E-state index in [1.165, 1.54) is 12.8 Å². The summed E-state index contributed by atoms with van der Waals surface area (Å²) in [5.74, 6) is -0.0702. The lowest BCUT2D eigenvalue weighted by Gasteiger charge is -2.29. The monoisotopic (exact) mass is 362 g/mol. The van der Waals surface area contributed by atoms with Gasteiger partial charge in [0.1, 0.15) is 0 Å². The highest BCUT2D eigenvalue weighted by Gasteiger charge is 2.37. The van der Waals surface area contributed by atoms with Crippen LogP contribution >= 0.6 is 11.8 Å². The predicted molar refractivity (Wildman–Crippen MR) is 99.0 cm³/mol. The van der Waals surface area contributed by atoms with Crippen LogP contribution in [-0.2, 0) is 4.79 Å². The highest BCUT2D eigenvalue weighted by Crippen LogP contribution is 2.35. The number of carboxylic acids is 1. The van der Waals surface area contributed by atoms with E-state index >= 15 is 0 Å². The van der Waals surface area contributed by atoms with Gasteiger partial charge in [0.05, 0.1) is 6.42 Å². The number of carboxylic acid groups (broad SMARTS) is 1. The molecule has 1 aromatic rings. The molecule has 1 aliphatic carbocycles. The molecule has 0 unspecified atom stereocenters. The number of carbonyl (C=O) groups excluding carboxylic acids is 1. The van der Waals surface area contributed by atoms with Crippen LogP contribution in [0.15, 0.2) is 29.2 Å². The van der Waals surface area contributed by atoms with Crippen molar-refractivity contribution in [2.45, 2.75) is 49.1 Å². The number of nitrogens with one attached hydrogen (secondary N) is 1. The molecule has 1 aromatic carbocycles. The number of amides is 1. The average molecular weight is 362 g/mol. The zero-order valence-corrected chi connectivity index (χ0v) is 15.4. The van der Waals surface area contributed by atoms with Crippen LogP contribution in [0.3, 0.4) is 0 Å². The van der Waals surface area contributed by atoms with E-state index in [1.807, 2.05) is 30.5 Å². The Morgan fingerprint density at radius 2 is 2.00 bits per heavy atom. The van der Waals surface area contributed by atoms with Crippen LogP contribution in [0.5, 0.6) is 0 Å². The van der Waals surface area contributed by atoms with Crippen molar-refractivity contribution in [2.24, 2.45) is 5.92 Å². The van der Waals surface area contributed by atoms with Crippen LogP contribution in [0, 0.1) is 5.92 Å². The zero-order valence-electron chi connectivity index (χ0n) is 14.6. The van der Waals surface area contributed by atoms with Gasteiger partial charge in [-0.1, -0.05) is 6.07 Å². The highest BCUT2D eigenvalue weighted by atomic mass is 32.2. The van der Waals surface area contributed by atoms with Crippen LogP contribution in [0.4, 0.5) is 0 Å². The first-order valence-electron chi connectivity index (χ1n) is 8.96. The summed E-state index contributed by atoms with van der Waals surface area (Å²) in [4.78, 5) is 27.0. The molecule has 1 saturated carbocycles. The third-order valence-electron chi connectivity index (χ3n) is 5.18. The maximum atomic E-state index is 12.4. The molecule has 0 aromatic heterocycles. The molecule has 2 N–H and O–H groups in total. The van der Waals surface area contributed by atoms with E-state index in [9.17, 15) is 9.59 Å². The maximum absolute atomic E-state index is 12.4. The van der Waals surface area contributed by atoms with Crippen molar-refractivity contribution in [3.05, 3.63) is 29.8 Å². The summed E-state index contributed by atoms with van der Waals surface area (Å²) < 4.78 is 0. The quantitative estimate of drug-likeness (QED) is 0.696. The summed E-state index contributed by atoms with van der Waals surface area (Å²) in [5, 5.41) is 12.2. The Hall–Kier alpha value is -1.53. The van der Waals surface area contributed by atoms with Crippen molar-refractivity contribution in [1.29, 1.82) is 0 Å². The van der Waals surface area contributed by atoms with Crippen molar-refractivity contribution in [3.63, 3.8) is 0 Å². The van der Waals surface area contributed by atoms with Gasteiger partial charge in [0.2, 0.25) is 0 Å². The molecule has 5 nitrogen and oxygen atoms in total. The normalized spacial score (nSPS) is 23.6. The van der Waals surface area contributed by atoms with Gasteiger partial charge in [0.25, 0.3) is 5.91 Å². The first-order chi connectivity index (χ1) is 12.1. The van der Waals surface area contributed by atoms with E-state index in [-0.39, 0.29) is 24.4 Å². The number of likely N-dealkylation sites (tertiary alicyclic amines) is 1. The average Bonchev–Trinajstić information content (AvgIpc) is 3.35. The smallest absolute Gasteiger partial charge is 0.304 e. The number of hydrogen-bond donors (Lipinski definition) is 2. The van der Waals surface area contributed by atoms with Gasteiger partial charge in [-0.2, -0.15) is 0 Å². The molecule has 1 amide bonds. The van der Waals surface area contributed by atoms with Crippen LogP contribution in [0.25, 0.3) is 0 Å². The summed E-state index contributed by atoms with van der Waals surface area (Å²) >= 11 is 1.62. The zero-order chi connectivity index (χ0) is 17.8. The van der Waals surface area contributed by atoms with Crippen molar-refractivity contribution in [1.82, 2.24) is 10.2 Å². The summed E-state index contributed by atoms with van der Waals surface area (Å²) in [6.45, 7) is 1.56. The second kappa shape index (κ2) is 8.23. The number of hydrogen-bond acceptors (Lipinski definition) is 4. The Morgan fingerprint density at radius 1 is 1.24 bits per heavy atom. The number of nitrogens with zero attached hydrogens (tertiary/aromatic N) is 1. The van der Waals surface area contributed by atoms with Gasteiger partial charge < -0.3 is 10.4 Å². The van der Waals surface area contributed by atoms with Crippen LogP contribution in [0.2, 0.25) is 0 Å². The standard InChI is InChI=1S/C19H26N2O3S/c1-25-17-4-2-3-14(9-17)19(24)20-11-16-8-7-15(10-18(22)23)21(16)12-13-5-6-13/h2-4,9,13,15-16H,5-8,10-12H2,1H3,(H,20,24)(H,22,23)/t15-,16+/m1/s1. The molecule has 0 radical (unpaired) electrons. The van der Waals surface area contributed by atoms with Crippen LogP contribution < -0.4 is 5.32 Å². The molecule has 2 fully saturated rings. The molecule has 25 heavy (non-hydrogen) atoms. The van der Waals surface area contributed by atoms with Gasteiger partial charge >= 0.3 is 5.97 Å². The number of carbonyl (C=O) groups is 2. The Labute approximate surface area is 153 Å². The Morgan fingerprint density at radius 3 is 2.68 bits per heavy atom. The molecule has 3 rings (SSSR count).